The van der Waals surface area contributed by atoms with Gasteiger partial charge in [-0.2, -0.15) is 5.26 Å². The summed E-state index contributed by atoms with van der Waals surface area (Å²) >= 11 is 1.33. The van der Waals surface area contributed by atoms with Crippen LogP contribution in [0.15, 0.2) is 59.8 Å². The Labute approximate surface area is 145 Å². The van der Waals surface area contributed by atoms with E-state index in [9.17, 15) is 5.26 Å². The Hall–Kier alpha value is -2.31. The molecule has 0 fully saturated rings. The first kappa shape index (κ1) is 12.2. The van der Waals surface area contributed by atoms with E-state index in [0.29, 0.717) is 5.56 Å². The predicted molar refractivity (Wildman–Crippen MR) is 97.5 cm³/mol. The Bertz CT molecular complexity index is 1000. The first-order chi connectivity index (χ1) is 12.2. The monoisotopic (exact) mass is 321 g/mol. The molecule has 0 amide bonds. The number of fused-ring (bicyclic) bond motifs is 1. The van der Waals surface area contributed by atoms with E-state index in [-0.39, 0.29) is 0 Å². The number of nitrogens with zero attached hydrogens (tertiary/aromatic N) is 2. The largest absolute Gasteiger partial charge is 0.264 e. The normalized spacial score (nSPS) is 13.9. The molecule has 2 nitrogen and oxygen atoms in total. The van der Waals surface area contributed by atoms with E-state index in [1.54, 1.807) is 32.3 Å². The molecule has 0 saturated carbocycles. The van der Waals surface area contributed by atoms with Crippen molar-refractivity contribution in [3.8, 4) is 17.2 Å². The molecule has 114 valence electrons. The second-order valence-electron chi connectivity index (χ2n) is 5.80. The molecule has 0 radical (unpaired) electrons. The summed E-state index contributed by atoms with van der Waals surface area (Å²) in [4.78, 5) is 5.10. The summed E-state index contributed by atoms with van der Waals surface area (Å²) in [6, 6.07) is 15.5. The van der Waals surface area contributed by atoms with Crippen LogP contribution in [0.3, 0.4) is 0 Å². The fraction of sp³-hybridized carbons (Fsp3) is 0.200. The maximum atomic E-state index is 9.37. The summed E-state index contributed by atoms with van der Waals surface area (Å²) in [5, 5.41) is 11.2. The third-order valence-electron chi connectivity index (χ3n) is 3.48. The summed E-state index contributed by atoms with van der Waals surface area (Å²) in [5.41, 5.74) is 2.43. The van der Waals surface area contributed by atoms with Gasteiger partial charge in [-0.05, 0) is 23.1 Å². The molecule has 1 heterocycles. The molecule has 3 aromatic rings. The number of aromatic nitrogens is 1. The number of benzene rings is 2. The van der Waals surface area contributed by atoms with Crippen molar-refractivity contribution in [1.82, 2.24) is 4.98 Å². The topological polar surface area (TPSA) is 36.7 Å². The smallest absolute Gasteiger partial charge is 0.0998 e. The second-order valence-corrected chi connectivity index (χ2v) is 7.47. The highest BCUT2D eigenvalue weighted by Crippen LogP contribution is 2.40. The molecular formula is C20H18N2S. The summed E-state index contributed by atoms with van der Waals surface area (Å²) in [7, 11) is 0. The number of rotatable bonds is 2. The lowest BCUT2D eigenvalue weighted by Gasteiger charge is -2.20. The van der Waals surface area contributed by atoms with Crippen molar-refractivity contribution >= 4 is 22.5 Å². The number of hydrogen-bond acceptors (Lipinski definition) is 3. The van der Waals surface area contributed by atoms with Gasteiger partial charge in [-0.15, -0.1) is 11.8 Å². The molecule has 0 N–H and O–H groups in total. The Kier molecular flexibility index (Phi) is 3.20. The van der Waals surface area contributed by atoms with Gasteiger partial charge in [0, 0.05) is 37.1 Å². The molecule has 1 aromatic heterocycles. The van der Waals surface area contributed by atoms with Gasteiger partial charge in [0.25, 0.3) is 0 Å². The Morgan fingerprint density at radius 3 is 2.61 bits per heavy atom. The fourth-order valence-electron chi connectivity index (χ4n) is 2.58. The van der Waals surface area contributed by atoms with Crippen LogP contribution in [0.25, 0.3) is 21.9 Å². The zero-order chi connectivity index (χ0) is 18.9. The Morgan fingerprint density at radius 2 is 1.87 bits per heavy atom. The van der Waals surface area contributed by atoms with Crippen LogP contribution in [-0.4, -0.2) is 9.73 Å². The number of thioether (sulfide) groups is 1. The van der Waals surface area contributed by atoms with Gasteiger partial charge < -0.3 is 0 Å². The van der Waals surface area contributed by atoms with E-state index < -0.39 is 11.6 Å². The van der Waals surface area contributed by atoms with Crippen LogP contribution in [0.2, 0.25) is 0 Å². The van der Waals surface area contributed by atoms with Crippen LogP contribution in [-0.2, 0) is 0 Å². The molecule has 0 aliphatic heterocycles. The first-order valence-electron chi connectivity index (χ1n) is 8.80. The van der Waals surface area contributed by atoms with Crippen molar-refractivity contribution in [3.05, 3.63) is 60.4 Å². The van der Waals surface area contributed by atoms with Crippen LogP contribution >= 0.6 is 11.8 Å². The lowest BCUT2D eigenvalue weighted by atomic mass is 9.96. The number of pyridine rings is 1. The SMILES string of the molecule is [2H]C([2H])([2H])C(C)(C)Sc1ccncc1-c1ccc(C#N)c2ccccc12. The summed E-state index contributed by atoms with van der Waals surface area (Å²) in [5.74, 6) is 0. The summed E-state index contributed by atoms with van der Waals surface area (Å²) in [6.45, 7) is 1.36. The highest BCUT2D eigenvalue weighted by molar-refractivity contribution is 8.00. The molecule has 3 heteroatoms. The van der Waals surface area contributed by atoms with Crippen molar-refractivity contribution < 1.29 is 4.11 Å². The predicted octanol–water partition coefficient (Wildman–Crippen LogP) is 5.66. The Morgan fingerprint density at radius 1 is 1.09 bits per heavy atom. The molecule has 0 bridgehead atoms. The fourth-order valence-corrected chi connectivity index (χ4v) is 3.53. The van der Waals surface area contributed by atoms with Crippen molar-refractivity contribution in [2.45, 2.75) is 30.3 Å². The van der Waals surface area contributed by atoms with Crippen LogP contribution < -0.4 is 0 Å². The van der Waals surface area contributed by atoms with Gasteiger partial charge in [0.05, 0.1) is 11.6 Å². The van der Waals surface area contributed by atoms with Gasteiger partial charge in [-0.3, -0.25) is 4.98 Å². The van der Waals surface area contributed by atoms with E-state index in [2.05, 4.69) is 11.1 Å². The van der Waals surface area contributed by atoms with Gasteiger partial charge in [-0.1, -0.05) is 51.0 Å². The summed E-state index contributed by atoms with van der Waals surface area (Å²) < 4.78 is 22.5. The third-order valence-corrected chi connectivity index (χ3v) is 4.57. The highest BCUT2D eigenvalue weighted by Gasteiger charge is 2.17. The van der Waals surface area contributed by atoms with Gasteiger partial charge in [-0.25, -0.2) is 0 Å². The summed E-state index contributed by atoms with van der Waals surface area (Å²) in [6.07, 6.45) is 3.43. The molecule has 0 atom stereocenters. The van der Waals surface area contributed by atoms with Gasteiger partial charge >= 0.3 is 0 Å². The standard InChI is InChI=1S/C20H18N2S/c1-20(2,3)23-19-10-11-22-13-18(19)17-9-8-14(12-21)15-6-4-5-7-16(15)17/h4-11,13H,1-3H3/i1D3. The van der Waals surface area contributed by atoms with Gasteiger partial charge in [0.2, 0.25) is 0 Å². The first-order valence-corrected chi connectivity index (χ1v) is 8.11. The molecule has 0 spiro atoms. The zero-order valence-corrected chi connectivity index (χ0v) is 13.8. The van der Waals surface area contributed by atoms with E-state index in [1.807, 2.05) is 36.4 Å². The number of nitriles is 1. The molecule has 0 aliphatic rings. The third kappa shape index (κ3) is 3.23. The molecule has 3 rings (SSSR count). The van der Waals surface area contributed by atoms with Crippen LogP contribution in [0.4, 0.5) is 0 Å². The number of hydrogen-bond donors (Lipinski definition) is 0. The van der Waals surface area contributed by atoms with Crippen molar-refractivity contribution in [1.29, 1.82) is 5.26 Å². The average molecular weight is 321 g/mol. The molecule has 0 aliphatic carbocycles. The van der Waals surface area contributed by atoms with E-state index in [4.69, 9.17) is 4.11 Å². The van der Waals surface area contributed by atoms with E-state index in [1.165, 1.54) is 11.8 Å². The minimum atomic E-state index is -2.09. The van der Waals surface area contributed by atoms with E-state index in [0.717, 1.165) is 26.8 Å². The zero-order valence-electron chi connectivity index (χ0n) is 16.0. The van der Waals surface area contributed by atoms with E-state index >= 15 is 0 Å². The second kappa shape index (κ2) is 6.06. The van der Waals surface area contributed by atoms with Gasteiger partial charge in [0.15, 0.2) is 0 Å². The minimum absolute atomic E-state index is 0.616. The maximum Gasteiger partial charge on any atom is 0.0998 e. The van der Waals surface area contributed by atoms with Crippen molar-refractivity contribution in [2.24, 2.45) is 0 Å². The van der Waals surface area contributed by atoms with Crippen LogP contribution in [0, 0.1) is 11.3 Å². The Balaban J connectivity index is 2.19. The lowest BCUT2D eigenvalue weighted by molar-refractivity contribution is 0.803. The van der Waals surface area contributed by atoms with Gasteiger partial charge in [0.1, 0.15) is 0 Å². The quantitative estimate of drug-likeness (QED) is 0.571. The van der Waals surface area contributed by atoms with Crippen LogP contribution in [0.5, 0.6) is 0 Å². The van der Waals surface area contributed by atoms with Crippen molar-refractivity contribution in [3.63, 3.8) is 0 Å². The molecule has 0 unspecified atom stereocenters. The highest BCUT2D eigenvalue weighted by atomic mass is 32.2. The molecular weight excluding hydrogens is 300 g/mol. The maximum absolute atomic E-state index is 9.37. The lowest BCUT2D eigenvalue weighted by Crippen LogP contribution is -2.07. The molecule has 0 saturated heterocycles. The minimum Gasteiger partial charge on any atom is -0.264 e. The molecule has 2 aromatic carbocycles. The van der Waals surface area contributed by atoms with Crippen LogP contribution in [0.1, 0.15) is 30.4 Å². The molecule has 23 heavy (non-hydrogen) atoms. The van der Waals surface area contributed by atoms with Crippen molar-refractivity contribution in [2.75, 3.05) is 0 Å². The average Bonchev–Trinajstić information content (AvgIpc) is 2.60.